The first-order valence-electron chi connectivity index (χ1n) is 24.8. The molecule has 0 aliphatic heterocycles. The van der Waals surface area contributed by atoms with Crippen molar-refractivity contribution in [1.29, 1.82) is 0 Å². The van der Waals surface area contributed by atoms with Gasteiger partial charge in [-0.05, 0) is 166 Å². The summed E-state index contributed by atoms with van der Waals surface area (Å²) in [6.45, 7) is 13.9. The van der Waals surface area contributed by atoms with Crippen LogP contribution >= 0.6 is 19.3 Å². The van der Waals surface area contributed by atoms with Crippen LogP contribution in [0.3, 0.4) is 0 Å². The van der Waals surface area contributed by atoms with Gasteiger partial charge in [0.1, 0.15) is 0 Å². The van der Waals surface area contributed by atoms with Crippen LogP contribution in [0.2, 0.25) is 0 Å². The Morgan fingerprint density at radius 3 is 1.60 bits per heavy atom. The molecule has 5 atom stereocenters. The number of aryl methyl sites for hydroxylation is 6. The Morgan fingerprint density at radius 1 is 0.478 bits per heavy atom. The van der Waals surface area contributed by atoms with E-state index in [1.807, 2.05) is 11.3 Å². The van der Waals surface area contributed by atoms with Gasteiger partial charge in [0, 0.05) is 20.2 Å². The van der Waals surface area contributed by atoms with Crippen molar-refractivity contribution in [3.05, 3.63) is 214 Å². The average molecular weight is 901 g/mol. The maximum absolute atomic E-state index is 2.55. The van der Waals surface area contributed by atoms with E-state index in [4.69, 9.17) is 0 Å². The first-order chi connectivity index (χ1) is 32.5. The molecule has 0 saturated heterocycles. The van der Waals surface area contributed by atoms with Gasteiger partial charge in [-0.1, -0.05) is 201 Å². The fraction of sp³-hybridized carbons (Fsp3) is 0.250. The number of hydrogen-bond acceptors (Lipinski definition) is 1. The van der Waals surface area contributed by atoms with Gasteiger partial charge in [0.05, 0.1) is 0 Å². The third kappa shape index (κ3) is 6.35. The van der Waals surface area contributed by atoms with E-state index in [0.717, 1.165) is 11.8 Å². The van der Waals surface area contributed by atoms with Gasteiger partial charge < -0.3 is 0 Å². The van der Waals surface area contributed by atoms with Crippen LogP contribution in [-0.2, 0) is 10.8 Å². The predicted octanol–water partition coefficient (Wildman–Crippen LogP) is 13.2. The van der Waals surface area contributed by atoms with E-state index in [-0.39, 0.29) is 12.1 Å². The zero-order chi connectivity index (χ0) is 45.4. The summed E-state index contributed by atoms with van der Waals surface area (Å²) < 4.78 is 2.72. The van der Waals surface area contributed by atoms with Crippen molar-refractivity contribution >= 4 is 78.4 Å². The molecule has 4 aliphatic rings. The van der Waals surface area contributed by atoms with E-state index in [9.17, 15) is 0 Å². The summed E-state index contributed by atoms with van der Waals surface area (Å²) >= 11 is 1.93. The third-order valence-electron chi connectivity index (χ3n) is 17.7. The molecule has 8 aromatic carbocycles. The fourth-order valence-corrected chi connectivity index (χ4v) is 18.5. The monoisotopic (exact) mass is 900 g/mol. The molecule has 3 heteroatoms. The number of rotatable bonds is 9. The van der Waals surface area contributed by atoms with Crippen LogP contribution in [0, 0.1) is 58.8 Å². The highest BCUT2D eigenvalue weighted by Crippen LogP contribution is 2.89. The summed E-state index contributed by atoms with van der Waals surface area (Å²) in [4.78, 5) is 0. The quantitative estimate of drug-likeness (QED) is 0.100. The molecular weight excluding hydrogens is 843 g/mol. The van der Waals surface area contributed by atoms with Crippen molar-refractivity contribution in [2.24, 2.45) is 17.3 Å². The number of benzene rings is 8. The molecule has 4 aliphatic carbocycles. The van der Waals surface area contributed by atoms with E-state index in [1.54, 1.807) is 11.1 Å². The van der Waals surface area contributed by atoms with Gasteiger partial charge in [0.25, 0.3) is 0 Å². The molecule has 9 aromatic rings. The average Bonchev–Trinajstić information content (AvgIpc) is 3.82. The molecule has 1 spiro atoms. The van der Waals surface area contributed by atoms with Crippen molar-refractivity contribution in [2.45, 2.75) is 84.5 Å². The first-order valence-corrected chi connectivity index (χ1v) is 26.9. The summed E-state index contributed by atoms with van der Waals surface area (Å²) in [5, 5.41) is 7.04. The van der Waals surface area contributed by atoms with Gasteiger partial charge in [0.15, 0.2) is 0 Å². The minimum atomic E-state index is -0.602. The van der Waals surface area contributed by atoms with E-state index >= 15 is 0 Å². The standard InChI is InChI=1S/C64H58BPS/c1-40-29-42(3)60(43(4)30-40)65(61-44(5)31-41(2)32-45(61)6)51-24-28-59-56(34-51)55-33-47(19-27-58(55)67-59)46-17-20-50(21-18-46)64-38-62(35-48-36-63(64,39-64)57(48)37-62)49-22-25-54(26-23-49)66(52-13-9-7-10-14-52)53-15-11-8-12-16-53/h7-34,48,57H,35-39H2,1-6H3. The fourth-order valence-electron chi connectivity index (χ4n) is 15.1. The van der Waals surface area contributed by atoms with E-state index in [2.05, 4.69) is 211 Å². The van der Waals surface area contributed by atoms with E-state index < -0.39 is 7.92 Å². The highest BCUT2D eigenvalue weighted by atomic mass is 32.1. The molecule has 67 heavy (non-hydrogen) atoms. The molecular formula is C64H58BPS. The number of hydrogen-bond donors (Lipinski definition) is 0. The SMILES string of the molecule is Cc1cc(C)c(B(c2ccc3sc4ccc(-c5ccc(C67CC8(c9ccc(P(c%10ccccc%10)c%10ccccc%10)cc9)CC9CC6(C7)C9C8)cc5)cc4c3c2)c2c(C)cc(C)cc2C)c(C)c1. The van der Waals surface area contributed by atoms with Crippen LogP contribution in [0.5, 0.6) is 0 Å². The van der Waals surface area contributed by atoms with Gasteiger partial charge in [-0.3, -0.25) is 0 Å². The van der Waals surface area contributed by atoms with Crippen molar-refractivity contribution in [2.75, 3.05) is 0 Å². The first kappa shape index (κ1) is 41.6. The Labute approximate surface area is 403 Å². The smallest absolute Gasteiger partial charge is 0.135 e. The van der Waals surface area contributed by atoms with Crippen LogP contribution < -0.4 is 32.3 Å². The second-order valence-electron chi connectivity index (χ2n) is 21.6. The zero-order valence-electron chi connectivity index (χ0n) is 39.8. The maximum atomic E-state index is 2.55. The molecule has 13 rings (SSSR count). The lowest BCUT2D eigenvalue weighted by Crippen LogP contribution is -2.55. The van der Waals surface area contributed by atoms with Crippen molar-refractivity contribution in [1.82, 2.24) is 0 Å². The molecule has 0 nitrogen and oxygen atoms in total. The molecule has 1 aromatic heterocycles. The van der Waals surface area contributed by atoms with E-state index in [0.29, 0.717) is 10.8 Å². The zero-order valence-corrected chi connectivity index (χ0v) is 41.5. The van der Waals surface area contributed by atoms with Gasteiger partial charge in [0.2, 0.25) is 6.71 Å². The molecule has 0 radical (unpaired) electrons. The second kappa shape index (κ2) is 15.2. The number of fused-ring (bicyclic) bond motifs is 4. The van der Waals surface area contributed by atoms with Crippen LogP contribution in [0.15, 0.2) is 170 Å². The lowest BCUT2D eigenvalue weighted by Gasteiger charge is -2.49. The van der Waals surface area contributed by atoms with Crippen LogP contribution in [-0.4, -0.2) is 6.71 Å². The summed E-state index contributed by atoms with van der Waals surface area (Å²) in [6.07, 6.45) is 6.87. The van der Waals surface area contributed by atoms with Crippen LogP contribution in [0.25, 0.3) is 31.3 Å². The Bertz CT molecular complexity index is 3280. The summed E-state index contributed by atoms with van der Waals surface area (Å²) in [5.41, 5.74) is 19.4. The largest absolute Gasteiger partial charge is 0.242 e. The Kier molecular flexibility index (Phi) is 9.47. The minimum Gasteiger partial charge on any atom is -0.135 e. The Balaban J connectivity index is 0.827. The molecule has 0 amide bonds. The van der Waals surface area contributed by atoms with Crippen molar-refractivity contribution in [3.63, 3.8) is 0 Å². The molecule has 1 heterocycles. The predicted molar refractivity (Wildman–Crippen MR) is 292 cm³/mol. The Morgan fingerprint density at radius 2 is 1.00 bits per heavy atom. The molecule has 0 N–H and O–H groups in total. The van der Waals surface area contributed by atoms with Crippen molar-refractivity contribution < 1.29 is 0 Å². The van der Waals surface area contributed by atoms with Gasteiger partial charge in [-0.25, -0.2) is 0 Å². The molecule has 2 bridgehead atoms. The van der Waals surface area contributed by atoms with Gasteiger partial charge in [-0.15, -0.1) is 11.3 Å². The number of thiophene rings is 1. The van der Waals surface area contributed by atoms with Gasteiger partial charge in [-0.2, -0.15) is 0 Å². The second-order valence-corrected chi connectivity index (χ2v) is 24.9. The molecule has 4 fully saturated rings. The van der Waals surface area contributed by atoms with E-state index in [1.165, 1.54) is 129 Å². The third-order valence-corrected chi connectivity index (χ3v) is 21.3. The van der Waals surface area contributed by atoms with Crippen LogP contribution in [0.1, 0.15) is 76.6 Å². The van der Waals surface area contributed by atoms with Crippen LogP contribution in [0.4, 0.5) is 0 Å². The topological polar surface area (TPSA) is 0 Å². The molecule has 5 unspecified atom stereocenters. The molecule has 328 valence electrons. The molecule has 4 saturated carbocycles. The summed E-state index contributed by atoms with van der Waals surface area (Å²) in [5.74, 6) is 1.77. The lowest BCUT2D eigenvalue weighted by atomic mass is 9.34. The summed E-state index contributed by atoms with van der Waals surface area (Å²) in [7, 11) is -0.602. The normalized spacial score (nSPS) is 23.4. The maximum Gasteiger partial charge on any atom is 0.242 e. The lowest BCUT2D eigenvalue weighted by molar-refractivity contribution is 0.0415. The summed E-state index contributed by atoms with van der Waals surface area (Å²) in [6, 6.07) is 66.5. The van der Waals surface area contributed by atoms with Gasteiger partial charge >= 0.3 is 0 Å². The highest BCUT2D eigenvalue weighted by molar-refractivity contribution is 7.79. The van der Waals surface area contributed by atoms with Crippen molar-refractivity contribution in [3.8, 4) is 11.1 Å². The highest BCUT2D eigenvalue weighted by Gasteiger charge is 2.83. The Hall–Kier alpha value is -5.53. The minimum absolute atomic E-state index is 0.160.